The molecule has 7 heteroatoms. The minimum Gasteiger partial charge on any atom is -0.493 e. The number of amides is 1. The Balaban J connectivity index is 1.57. The highest BCUT2D eigenvalue weighted by Gasteiger charge is 2.11. The van der Waals surface area contributed by atoms with E-state index >= 15 is 0 Å². The van der Waals surface area contributed by atoms with Gasteiger partial charge in [-0.25, -0.2) is 5.43 Å². The van der Waals surface area contributed by atoms with Gasteiger partial charge in [-0.15, -0.1) is 11.8 Å². The number of rotatable bonds is 9. The number of carbonyl (C=O) groups excluding carboxylic acids is 1. The molecule has 3 aromatic carbocycles. The number of hydrogen-bond donors (Lipinski definition) is 1. The quantitative estimate of drug-likeness (QED) is 0.255. The molecule has 1 N–H and O–H groups in total. The average molecular weight is 485 g/mol. The van der Waals surface area contributed by atoms with Gasteiger partial charge in [0.15, 0.2) is 11.5 Å². The highest BCUT2D eigenvalue weighted by atomic mass is 79.9. The molecule has 0 saturated carbocycles. The molecule has 3 rings (SSSR count). The second-order valence-corrected chi connectivity index (χ2v) is 8.11. The zero-order valence-electron chi connectivity index (χ0n) is 16.4. The molecule has 0 atom stereocenters. The molecule has 30 heavy (non-hydrogen) atoms. The molecular formula is C23H21BrN2O3S. The van der Waals surface area contributed by atoms with E-state index in [0.717, 1.165) is 20.5 Å². The maximum atomic E-state index is 12.0. The smallest absolute Gasteiger partial charge is 0.250 e. The van der Waals surface area contributed by atoms with Gasteiger partial charge < -0.3 is 9.47 Å². The standard InChI is InChI=1S/C23H21BrN2O3S/c1-28-21-13-18(12-20(24)23(21)29-15-17-8-4-2-5-9-17)14-25-26-22(27)16-30-19-10-6-3-7-11-19/h2-14H,15-16H2,1H3,(H,26,27)/b25-14+. The van der Waals surface area contributed by atoms with E-state index in [4.69, 9.17) is 9.47 Å². The molecule has 0 radical (unpaired) electrons. The van der Waals surface area contributed by atoms with Crippen LogP contribution in [-0.4, -0.2) is 25.0 Å². The Morgan fingerprint density at radius 2 is 1.80 bits per heavy atom. The first-order valence-corrected chi connectivity index (χ1v) is 11.0. The third-order valence-corrected chi connectivity index (χ3v) is 5.59. The van der Waals surface area contributed by atoms with Crippen molar-refractivity contribution in [3.05, 3.63) is 88.4 Å². The summed E-state index contributed by atoms with van der Waals surface area (Å²) in [5.41, 5.74) is 4.37. The van der Waals surface area contributed by atoms with Crippen LogP contribution in [0.2, 0.25) is 0 Å². The average Bonchev–Trinajstić information content (AvgIpc) is 2.78. The number of ether oxygens (including phenoxy) is 2. The van der Waals surface area contributed by atoms with Crippen LogP contribution in [0.1, 0.15) is 11.1 Å². The predicted octanol–water partition coefficient (Wildman–Crippen LogP) is 5.28. The lowest BCUT2D eigenvalue weighted by Gasteiger charge is -2.13. The highest BCUT2D eigenvalue weighted by molar-refractivity contribution is 9.10. The Kier molecular flexibility index (Phi) is 8.35. The highest BCUT2D eigenvalue weighted by Crippen LogP contribution is 2.36. The second-order valence-electron chi connectivity index (χ2n) is 6.20. The molecule has 0 aliphatic rings. The normalized spacial score (nSPS) is 10.7. The molecule has 0 aliphatic heterocycles. The van der Waals surface area contributed by atoms with Gasteiger partial charge in [0.1, 0.15) is 6.61 Å². The van der Waals surface area contributed by atoms with E-state index in [2.05, 4.69) is 26.5 Å². The second kappa shape index (κ2) is 11.4. The van der Waals surface area contributed by atoms with Gasteiger partial charge in [0.25, 0.3) is 0 Å². The molecule has 0 saturated heterocycles. The number of hydrazone groups is 1. The van der Waals surface area contributed by atoms with Gasteiger partial charge >= 0.3 is 0 Å². The lowest BCUT2D eigenvalue weighted by atomic mass is 10.2. The molecule has 154 valence electrons. The monoisotopic (exact) mass is 484 g/mol. The molecule has 0 unspecified atom stereocenters. The molecule has 0 heterocycles. The fourth-order valence-electron chi connectivity index (χ4n) is 2.56. The van der Waals surface area contributed by atoms with Crippen LogP contribution < -0.4 is 14.9 Å². The first-order chi connectivity index (χ1) is 14.7. The molecule has 0 aliphatic carbocycles. The van der Waals surface area contributed by atoms with E-state index in [0.29, 0.717) is 23.9 Å². The summed E-state index contributed by atoms with van der Waals surface area (Å²) < 4.78 is 12.1. The van der Waals surface area contributed by atoms with Crippen molar-refractivity contribution in [1.29, 1.82) is 0 Å². The molecule has 0 aromatic heterocycles. The maximum Gasteiger partial charge on any atom is 0.250 e. The van der Waals surface area contributed by atoms with Crippen LogP contribution in [0.3, 0.4) is 0 Å². The lowest BCUT2D eigenvalue weighted by Crippen LogP contribution is -2.19. The molecule has 0 spiro atoms. The molecule has 0 fully saturated rings. The van der Waals surface area contributed by atoms with Crippen LogP contribution in [-0.2, 0) is 11.4 Å². The molecule has 5 nitrogen and oxygen atoms in total. The van der Waals surface area contributed by atoms with E-state index in [-0.39, 0.29) is 5.91 Å². The summed E-state index contributed by atoms with van der Waals surface area (Å²) in [6.07, 6.45) is 1.57. The number of carbonyl (C=O) groups is 1. The van der Waals surface area contributed by atoms with Crippen LogP contribution in [0.25, 0.3) is 0 Å². The SMILES string of the molecule is COc1cc(/C=N/NC(=O)CSc2ccccc2)cc(Br)c1OCc1ccccc1. The van der Waals surface area contributed by atoms with Crippen molar-refractivity contribution >= 4 is 39.8 Å². The number of halogens is 1. The van der Waals surface area contributed by atoms with Gasteiger partial charge in [0.05, 0.1) is 23.5 Å². The fraction of sp³-hybridized carbons (Fsp3) is 0.130. The largest absolute Gasteiger partial charge is 0.493 e. The summed E-state index contributed by atoms with van der Waals surface area (Å²) in [4.78, 5) is 13.0. The fourth-order valence-corrected chi connectivity index (χ4v) is 3.85. The predicted molar refractivity (Wildman–Crippen MR) is 124 cm³/mol. The summed E-state index contributed by atoms with van der Waals surface area (Å²) in [7, 11) is 1.58. The van der Waals surface area contributed by atoms with Gasteiger partial charge in [-0.2, -0.15) is 5.10 Å². The summed E-state index contributed by atoms with van der Waals surface area (Å²) in [5, 5.41) is 4.04. The zero-order valence-corrected chi connectivity index (χ0v) is 18.8. The van der Waals surface area contributed by atoms with E-state index in [1.165, 1.54) is 11.8 Å². The molecule has 1 amide bonds. The Morgan fingerprint density at radius 1 is 1.10 bits per heavy atom. The van der Waals surface area contributed by atoms with E-state index in [9.17, 15) is 4.79 Å². The minimum absolute atomic E-state index is 0.172. The van der Waals surface area contributed by atoms with E-state index < -0.39 is 0 Å². The van der Waals surface area contributed by atoms with Crippen molar-refractivity contribution in [1.82, 2.24) is 5.43 Å². The van der Waals surface area contributed by atoms with Gasteiger partial charge in [0, 0.05) is 4.90 Å². The van der Waals surface area contributed by atoms with E-state index in [1.54, 1.807) is 19.4 Å². The zero-order chi connectivity index (χ0) is 21.2. The molecular weight excluding hydrogens is 464 g/mol. The van der Waals surface area contributed by atoms with Crippen molar-refractivity contribution in [2.24, 2.45) is 5.10 Å². The Morgan fingerprint density at radius 3 is 2.50 bits per heavy atom. The first kappa shape index (κ1) is 21.9. The Hall–Kier alpha value is -2.77. The molecule has 3 aromatic rings. The summed E-state index contributed by atoms with van der Waals surface area (Å²) >= 11 is 4.99. The van der Waals surface area contributed by atoms with Gasteiger partial charge in [-0.1, -0.05) is 48.5 Å². The first-order valence-electron chi connectivity index (χ1n) is 9.19. The van der Waals surface area contributed by atoms with Gasteiger partial charge in [-0.3, -0.25) is 4.79 Å². The Labute approximate surface area is 188 Å². The van der Waals surface area contributed by atoms with Crippen molar-refractivity contribution in [2.75, 3.05) is 12.9 Å². The topological polar surface area (TPSA) is 59.9 Å². The lowest BCUT2D eigenvalue weighted by molar-refractivity contribution is -0.118. The van der Waals surface area contributed by atoms with Crippen molar-refractivity contribution in [3.8, 4) is 11.5 Å². The number of thioether (sulfide) groups is 1. The van der Waals surface area contributed by atoms with Crippen molar-refractivity contribution in [3.63, 3.8) is 0 Å². The summed E-state index contributed by atoms with van der Waals surface area (Å²) in [6.45, 7) is 0.429. The maximum absolute atomic E-state index is 12.0. The van der Waals surface area contributed by atoms with Crippen LogP contribution in [0, 0.1) is 0 Å². The molecule has 0 bridgehead atoms. The third-order valence-electron chi connectivity index (χ3n) is 3.99. The number of methoxy groups -OCH3 is 1. The number of nitrogens with zero attached hydrogens (tertiary/aromatic N) is 1. The van der Waals surface area contributed by atoms with Crippen molar-refractivity contribution < 1.29 is 14.3 Å². The summed E-state index contributed by atoms with van der Waals surface area (Å²) in [5.74, 6) is 1.31. The number of hydrogen-bond acceptors (Lipinski definition) is 5. The van der Waals surface area contributed by atoms with Gasteiger partial charge in [0.2, 0.25) is 5.91 Å². The Bertz CT molecular complexity index is 998. The van der Waals surface area contributed by atoms with Gasteiger partial charge in [-0.05, 0) is 51.3 Å². The third kappa shape index (κ3) is 6.64. The number of benzene rings is 3. The number of nitrogens with one attached hydrogen (secondary N) is 1. The minimum atomic E-state index is -0.172. The summed E-state index contributed by atoms with van der Waals surface area (Å²) in [6, 6.07) is 23.3. The van der Waals surface area contributed by atoms with Crippen LogP contribution in [0.15, 0.2) is 87.3 Å². The van der Waals surface area contributed by atoms with Crippen LogP contribution in [0.5, 0.6) is 11.5 Å². The van der Waals surface area contributed by atoms with Crippen LogP contribution >= 0.6 is 27.7 Å². The van der Waals surface area contributed by atoms with Crippen LogP contribution in [0.4, 0.5) is 0 Å². The van der Waals surface area contributed by atoms with E-state index in [1.807, 2.05) is 66.7 Å². The van der Waals surface area contributed by atoms with Crippen molar-refractivity contribution in [2.45, 2.75) is 11.5 Å².